The number of halogens is 1. The maximum absolute atomic E-state index is 13.0. The van der Waals surface area contributed by atoms with Gasteiger partial charge < -0.3 is 9.52 Å². The average molecular weight is 332 g/mol. The molecular weight excluding hydrogens is 311 g/mol. The van der Waals surface area contributed by atoms with Crippen LogP contribution < -0.4 is 0 Å². The quantitative estimate of drug-likeness (QED) is 0.912. The summed E-state index contributed by atoms with van der Waals surface area (Å²) in [4.78, 5) is 15.5. The third kappa shape index (κ3) is 4.43. The van der Waals surface area contributed by atoms with Crippen LogP contribution in [0.5, 0.6) is 0 Å². The number of carboxylic acids is 1. The number of furan rings is 1. The summed E-state index contributed by atoms with van der Waals surface area (Å²) in [6, 6.07) is 9.87. The lowest BCUT2D eigenvalue weighted by Crippen LogP contribution is -2.30. The van der Waals surface area contributed by atoms with Gasteiger partial charge in [0.05, 0.1) is 6.54 Å². The zero-order valence-electron chi connectivity index (χ0n) is 13.4. The Morgan fingerprint density at radius 3 is 2.29 bits per heavy atom. The van der Waals surface area contributed by atoms with Crippen LogP contribution >= 0.6 is 0 Å². The van der Waals surface area contributed by atoms with E-state index in [0.29, 0.717) is 12.3 Å². The van der Waals surface area contributed by atoms with Gasteiger partial charge in [-0.1, -0.05) is 12.1 Å². The molecule has 24 heavy (non-hydrogen) atoms. The van der Waals surface area contributed by atoms with Crippen molar-refractivity contribution in [2.75, 3.05) is 26.2 Å². The van der Waals surface area contributed by atoms with E-state index in [-0.39, 0.29) is 11.6 Å². The second-order valence-electron chi connectivity index (χ2n) is 6.10. The minimum Gasteiger partial charge on any atom is -0.475 e. The van der Waals surface area contributed by atoms with Gasteiger partial charge in [0, 0.05) is 19.6 Å². The summed E-state index contributed by atoms with van der Waals surface area (Å²) >= 11 is 0. The topological polar surface area (TPSA) is 56.9 Å². The first-order chi connectivity index (χ1) is 11.6. The molecule has 1 saturated heterocycles. The zero-order chi connectivity index (χ0) is 16.9. The molecule has 2 aromatic rings. The summed E-state index contributed by atoms with van der Waals surface area (Å²) in [5.74, 6) is -0.584. The molecule has 0 saturated carbocycles. The van der Waals surface area contributed by atoms with E-state index in [1.54, 1.807) is 6.07 Å². The Labute approximate surface area is 140 Å². The van der Waals surface area contributed by atoms with Crippen LogP contribution in [-0.4, -0.2) is 47.1 Å². The van der Waals surface area contributed by atoms with Gasteiger partial charge in [-0.15, -0.1) is 0 Å². The summed E-state index contributed by atoms with van der Waals surface area (Å²) in [5, 5.41) is 8.90. The highest BCUT2D eigenvalue weighted by atomic mass is 19.1. The van der Waals surface area contributed by atoms with E-state index in [2.05, 4.69) is 9.80 Å². The first-order valence-corrected chi connectivity index (χ1v) is 8.11. The highest BCUT2D eigenvalue weighted by Gasteiger charge is 2.17. The summed E-state index contributed by atoms with van der Waals surface area (Å²) in [6.07, 6.45) is 1.04. The first-order valence-electron chi connectivity index (χ1n) is 8.11. The summed E-state index contributed by atoms with van der Waals surface area (Å²) in [5.41, 5.74) is 1.11. The molecular formula is C18H21FN2O3. The maximum Gasteiger partial charge on any atom is 0.371 e. The van der Waals surface area contributed by atoms with Crippen LogP contribution in [0.25, 0.3) is 0 Å². The molecule has 128 valence electrons. The Hall–Kier alpha value is -2.18. The lowest BCUT2D eigenvalue weighted by Gasteiger charge is -2.21. The monoisotopic (exact) mass is 332 g/mol. The van der Waals surface area contributed by atoms with E-state index >= 15 is 0 Å². The molecule has 0 aliphatic carbocycles. The fourth-order valence-corrected chi connectivity index (χ4v) is 2.99. The van der Waals surface area contributed by atoms with E-state index in [4.69, 9.17) is 9.52 Å². The lowest BCUT2D eigenvalue weighted by atomic mass is 10.2. The van der Waals surface area contributed by atoms with Crippen LogP contribution in [0.1, 0.15) is 28.3 Å². The average Bonchev–Trinajstić information content (AvgIpc) is 2.92. The SMILES string of the molecule is O=C(O)c1ccc(CN2CCCN(Cc3ccc(F)cc3)CC2)o1. The van der Waals surface area contributed by atoms with Gasteiger partial charge in [0.25, 0.3) is 0 Å². The fourth-order valence-electron chi connectivity index (χ4n) is 2.99. The van der Waals surface area contributed by atoms with Gasteiger partial charge in [-0.05, 0) is 49.3 Å². The van der Waals surface area contributed by atoms with Gasteiger partial charge in [-0.3, -0.25) is 9.80 Å². The Morgan fingerprint density at radius 1 is 1.00 bits per heavy atom. The number of benzene rings is 1. The van der Waals surface area contributed by atoms with Crippen LogP contribution in [0.2, 0.25) is 0 Å². The normalized spacial score (nSPS) is 16.9. The van der Waals surface area contributed by atoms with E-state index in [0.717, 1.165) is 44.7 Å². The van der Waals surface area contributed by atoms with Crippen molar-refractivity contribution in [1.82, 2.24) is 9.80 Å². The lowest BCUT2D eigenvalue weighted by molar-refractivity contribution is 0.0658. The van der Waals surface area contributed by atoms with Crippen molar-refractivity contribution in [1.29, 1.82) is 0 Å². The molecule has 1 aromatic carbocycles. The maximum atomic E-state index is 13.0. The summed E-state index contributed by atoms with van der Waals surface area (Å²) in [6.45, 7) is 5.19. The molecule has 0 spiro atoms. The highest BCUT2D eigenvalue weighted by Crippen LogP contribution is 2.14. The molecule has 1 aliphatic rings. The molecule has 0 atom stereocenters. The number of aromatic carboxylic acids is 1. The molecule has 0 radical (unpaired) electrons. The van der Waals surface area contributed by atoms with Gasteiger partial charge in [0.2, 0.25) is 5.76 Å². The smallest absolute Gasteiger partial charge is 0.371 e. The van der Waals surface area contributed by atoms with Gasteiger partial charge >= 0.3 is 5.97 Å². The molecule has 0 unspecified atom stereocenters. The molecule has 1 aromatic heterocycles. The molecule has 3 rings (SSSR count). The predicted octanol–water partition coefficient (Wildman–Crippen LogP) is 2.82. The largest absolute Gasteiger partial charge is 0.475 e. The highest BCUT2D eigenvalue weighted by molar-refractivity contribution is 5.84. The van der Waals surface area contributed by atoms with Crippen molar-refractivity contribution in [3.63, 3.8) is 0 Å². The predicted molar refractivity (Wildman–Crippen MR) is 87.2 cm³/mol. The van der Waals surface area contributed by atoms with Gasteiger partial charge in [-0.2, -0.15) is 0 Å². The molecule has 0 amide bonds. The van der Waals surface area contributed by atoms with Crippen molar-refractivity contribution < 1.29 is 18.7 Å². The Morgan fingerprint density at radius 2 is 1.67 bits per heavy atom. The molecule has 5 nitrogen and oxygen atoms in total. The van der Waals surface area contributed by atoms with Gasteiger partial charge in [-0.25, -0.2) is 9.18 Å². The fraction of sp³-hybridized carbons (Fsp3) is 0.389. The van der Waals surface area contributed by atoms with Crippen molar-refractivity contribution in [2.24, 2.45) is 0 Å². The minimum atomic E-state index is -1.04. The first kappa shape index (κ1) is 16.7. The molecule has 0 bridgehead atoms. The number of carbonyl (C=O) groups is 1. The summed E-state index contributed by atoms with van der Waals surface area (Å²) in [7, 11) is 0. The number of carboxylic acid groups (broad SMARTS) is 1. The molecule has 2 heterocycles. The van der Waals surface area contributed by atoms with E-state index < -0.39 is 5.97 Å². The summed E-state index contributed by atoms with van der Waals surface area (Å²) < 4.78 is 18.3. The minimum absolute atomic E-state index is 0.0160. The van der Waals surface area contributed by atoms with E-state index in [9.17, 15) is 9.18 Å². The van der Waals surface area contributed by atoms with E-state index in [1.165, 1.54) is 18.2 Å². The second-order valence-corrected chi connectivity index (χ2v) is 6.10. The second kappa shape index (κ2) is 7.59. The van der Waals surface area contributed by atoms with Crippen molar-refractivity contribution in [3.05, 3.63) is 59.3 Å². The molecule has 1 aliphatic heterocycles. The number of hydrogen-bond acceptors (Lipinski definition) is 4. The zero-order valence-corrected chi connectivity index (χ0v) is 13.4. The van der Waals surface area contributed by atoms with Crippen LogP contribution in [0.4, 0.5) is 4.39 Å². The van der Waals surface area contributed by atoms with Gasteiger partial charge in [0.1, 0.15) is 11.6 Å². The Bertz CT molecular complexity index is 684. The third-order valence-corrected chi connectivity index (χ3v) is 4.25. The van der Waals surface area contributed by atoms with Crippen molar-refractivity contribution >= 4 is 5.97 Å². The third-order valence-electron chi connectivity index (χ3n) is 4.25. The number of nitrogens with zero attached hydrogens (tertiary/aromatic N) is 2. The Kier molecular flexibility index (Phi) is 5.27. The van der Waals surface area contributed by atoms with Crippen LogP contribution in [0.15, 0.2) is 40.8 Å². The van der Waals surface area contributed by atoms with Crippen LogP contribution in [-0.2, 0) is 13.1 Å². The van der Waals surface area contributed by atoms with Crippen molar-refractivity contribution in [2.45, 2.75) is 19.5 Å². The van der Waals surface area contributed by atoms with Crippen molar-refractivity contribution in [3.8, 4) is 0 Å². The molecule has 1 N–H and O–H groups in total. The molecule has 6 heteroatoms. The van der Waals surface area contributed by atoms with Crippen LogP contribution in [0.3, 0.4) is 0 Å². The van der Waals surface area contributed by atoms with E-state index in [1.807, 2.05) is 12.1 Å². The number of hydrogen-bond donors (Lipinski definition) is 1. The standard InChI is InChI=1S/C18H21FN2O3/c19-15-4-2-14(3-5-15)12-20-8-1-9-21(11-10-20)13-16-6-7-17(24-16)18(22)23/h2-7H,1,8-13H2,(H,22,23). The molecule has 1 fully saturated rings. The van der Waals surface area contributed by atoms with Crippen LogP contribution in [0, 0.1) is 5.82 Å². The van der Waals surface area contributed by atoms with Gasteiger partial charge in [0.15, 0.2) is 0 Å². The Balaban J connectivity index is 1.52. The number of rotatable bonds is 5.